The van der Waals surface area contributed by atoms with Crippen molar-refractivity contribution in [2.75, 3.05) is 0 Å². The molecular weight excluding hydrogens is 926 g/mol. The summed E-state index contributed by atoms with van der Waals surface area (Å²) in [4.78, 5) is 9.97. The molecule has 0 radical (unpaired) electrons. The molecule has 2 heterocycles. The number of fused-ring (bicyclic) bond motifs is 1. The van der Waals surface area contributed by atoms with E-state index in [0.717, 1.165) is 44.6 Å². The molecule has 8 rings (SSSR count). The summed E-state index contributed by atoms with van der Waals surface area (Å²) in [6, 6.07) is 32.2. The molecule has 0 unspecified atom stereocenters. The number of pyridine rings is 1. The number of aromatic hydroxyl groups is 1. The second-order valence-corrected chi connectivity index (χ2v) is 18.9. The second-order valence-electron chi connectivity index (χ2n) is 18.9. The summed E-state index contributed by atoms with van der Waals surface area (Å²) in [6.07, 6.45) is -0.473. The number of nitrogens with zero attached hydrogens (tertiary/aromatic N) is 3. The zero-order valence-corrected chi connectivity index (χ0v) is 39.0. The summed E-state index contributed by atoms with van der Waals surface area (Å²) in [5.41, 5.74) is 9.32. The fourth-order valence-electron chi connectivity index (χ4n) is 7.52. The van der Waals surface area contributed by atoms with Gasteiger partial charge in [-0.1, -0.05) is 164 Å². The first-order valence-electron chi connectivity index (χ1n) is 24.0. The summed E-state index contributed by atoms with van der Waals surface area (Å²) in [6.45, 7) is 22.7. The third-order valence-corrected chi connectivity index (χ3v) is 11.2. The van der Waals surface area contributed by atoms with E-state index < -0.39 is 17.6 Å². The van der Waals surface area contributed by atoms with Crippen LogP contribution in [0.4, 0.5) is 0 Å². The van der Waals surface area contributed by atoms with Gasteiger partial charge < -0.3 is 5.11 Å². The SMILES string of the molecule is [2H]c1nc(-c2[c-]c(-c3cccc4c3nc(-c3cc(C(C)(C)C)cc(C)c3O)n4-c3ccc(C(C)(C)C)cc3-c3ccccc3)cc(C(C)(C)C)c2)c([2H])c(-c2c([2H])c([2H])c(C)c([2H])c2[2H])c1[2H].[Pt]. The molecule has 0 aliphatic heterocycles. The molecule has 312 valence electrons. The van der Waals surface area contributed by atoms with Crippen molar-refractivity contribution in [3.8, 4) is 67.5 Å². The Bertz CT molecular complexity index is 3280. The largest absolute Gasteiger partial charge is 0.507 e. The number of hydrogen-bond acceptors (Lipinski definition) is 3. The molecule has 5 heteroatoms. The fourth-order valence-corrected chi connectivity index (χ4v) is 7.52. The first-order chi connectivity index (χ1) is 31.3. The van der Waals surface area contributed by atoms with E-state index in [1.54, 1.807) is 0 Å². The molecule has 1 N–H and O–H groups in total. The van der Waals surface area contributed by atoms with Gasteiger partial charge in [0.15, 0.2) is 0 Å². The molecule has 8 aromatic rings. The van der Waals surface area contributed by atoms with Crippen LogP contribution in [0.2, 0.25) is 0 Å². The van der Waals surface area contributed by atoms with E-state index in [4.69, 9.17) is 13.2 Å². The number of para-hydroxylation sites is 1. The Balaban J connectivity index is 0.00000684. The minimum Gasteiger partial charge on any atom is -0.507 e. The average Bonchev–Trinajstić information content (AvgIpc) is 3.66. The molecule has 2 aromatic heterocycles. The Labute approximate surface area is 386 Å². The van der Waals surface area contributed by atoms with Crippen LogP contribution in [0, 0.1) is 19.9 Å². The third-order valence-electron chi connectivity index (χ3n) is 11.2. The number of aryl methyl sites for hydroxylation is 1. The first kappa shape index (κ1) is 35.1. The fraction of sp³-hybridized carbons (Fsp3) is 0.250. The Hall–Kier alpha value is -5.57. The molecule has 0 fully saturated rings. The van der Waals surface area contributed by atoms with Crippen molar-refractivity contribution in [1.29, 1.82) is 0 Å². The molecule has 0 bridgehead atoms. The standard InChI is InChI=1S/C56H56N3O.Pt/c1-35-20-22-37(23-21-35)39-26-27-57-48(32-39)41-29-40(30-44(31-41)56(9,10)11)45-18-15-19-50-51(45)58-53(47-34-43(55(6,7)8)28-36(2)52(47)60)59(50)49-25-24-42(54(3,4)5)33-46(49)38-16-13-12-14-17-38;/h12-28,30-34,60H,1-11H3;/q-1;/i20D,21D,22D,23D,26D,27D,32D;. The molecule has 4 nitrogen and oxygen atoms in total. The van der Waals surface area contributed by atoms with Crippen molar-refractivity contribution in [3.63, 3.8) is 0 Å². The molecule has 0 saturated carbocycles. The van der Waals surface area contributed by atoms with E-state index in [-0.39, 0.29) is 90.2 Å². The Morgan fingerprint density at radius 3 is 1.92 bits per heavy atom. The Morgan fingerprint density at radius 1 is 0.607 bits per heavy atom. The summed E-state index contributed by atoms with van der Waals surface area (Å²) in [5, 5.41) is 12.0. The second kappa shape index (κ2) is 16.4. The van der Waals surface area contributed by atoms with Crippen molar-refractivity contribution in [2.24, 2.45) is 0 Å². The van der Waals surface area contributed by atoms with Gasteiger partial charge in [0.05, 0.1) is 31.9 Å². The number of rotatable bonds is 6. The molecule has 0 aliphatic rings. The molecule has 0 saturated heterocycles. The van der Waals surface area contributed by atoms with Crippen molar-refractivity contribution < 1.29 is 35.8 Å². The van der Waals surface area contributed by atoms with E-state index in [9.17, 15) is 6.48 Å². The molecule has 0 amide bonds. The summed E-state index contributed by atoms with van der Waals surface area (Å²) in [5.74, 6) is 0.677. The van der Waals surface area contributed by atoms with Crippen LogP contribution < -0.4 is 0 Å². The van der Waals surface area contributed by atoms with Gasteiger partial charge in [-0.05, 0) is 93.8 Å². The molecule has 6 aromatic carbocycles. The maximum Gasteiger partial charge on any atom is 0.148 e. The molecular formula is C56H56N3OPt-. The van der Waals surface area contributed by atoms with Crippen LogP contribution in [0.25, 0.3) is 72.7 Å². The van der Waals surface area contributed by atoms with Gasteiger partial charge in [-0.2, -0.15) is 0 Å². The minimum atomic E-state index is -0.473. The van der Waals surface area contributed by atoms with Crippen LogP contribution in [0.3, 0.4) is 0 Å². The van der Waals surface area contributed by atoms with Crippen LogP contribution >= 0.6 is 0 Å². The molecule has 0 spiro atoms. The van der Waals surface area contributed by atoms with Gasteiger partial charge in [0.25, 0.3) is 0 Å². The van der Waals surface area contributed by atoms with Crippen molar-refractivity contribution in [1.82, 2.24) is 14.5 Å². The Kier molecular flexibility index (Phi) is 9.41. The zero-order chi connectivity index (χ0) is 48.8. The minimum absolute atomic E-state index is 0. The zero-order valence-electron chi connectivity index (χ0n) is 43.8. The van der Waals surface area contributed by atoms with E-state index >= 15 is 0 Å². The smallest absolute Gasteiger partial charge is 0.148 e. The molecule has 0 atom stereocenters. The van der Waals surface area contributed by atoms with Gasteiger partial charge in [-0.15, -0.1) is 29.3 Å². The van der Waals surface area contributed by atoms with E-state index in [1.165, 1.54) is 6.92 Å². The number of phenolic OH excluding ortho intramolecular Hbond substituents is 1. The topological polar surface area (TPSA) is 50.9 Å². The van der Waals surface area contributed by atoms with E-state index in [1.807, 2.05) is 67.6 Å². The van der Waals surface area contributed by atoms with Gasteiger partial charge in [0, 0.05) is 38.5 Å². The van der Waals surface area contributed by atoms with Crippen LogP contribution in [-0.4, -0.2) is 19.6 Å². The van der Waals surface area contributed by atoms with Crippen molar-refractivity contribution in [3.05, 3.63) is 167 Å². The van der Waals surface area contributed by atoms with Crippen LogP contribution in [-0.2, 0) is 37.3 Å². The normalized spacial score (nSPS) is 13.7. The van der Waals surface area contributed by atoms with Crippen LogP contribution in [0.1, 0.15) is 99.7 Å². The average molecular weight is 989 g/mol. The molecule has 61 heavy (non-hydrogen) atoms. The first-order valence-corrected chi connectivity index (χ1v) is 20.5. The predicted molar refractivity (Wildman–Crippen MR) is 252 cm³/mol. The third kappa shape index (κ3) is 8.66. The quantitative estimate of drug-likeness (QED) is 0.169. The monoisotopic (exact) mass is 988 g/mol. The number of aromatic nitrogens is 3. The maximum atomic E-state index is 12.0. The van der Waals surface area contributed by atoms with Gasteiger partial charge >= 0.3 is 0 Å². The van der Waals surface area contributed by atoms with E-state index in [0.29, 0.717) is 33.6 Å². The van der Waals surface area contributed by atoms with Gasteiger partial charge in [0.2, 0.25) is 0 Å². The van der Waals surface area contributed by atoms with Crippen molar-refractivity contribution in [2.45, 2.75) is 92.4 Å². The van der Waals surface area contributed by atoms with E-state index in [2.05, 4.69) is 108 Å². The maximum absolute atomic E-state index is 12.0. The summed E-state index contributed by atoms with van der Waals surface area (Å²) in [7, 11) is 0. The van der Waals surface area contributed by atoms with Gasteiger partial charge in [-0.3, -0.25) is 9.55 Å². The number of hydrogen-bond donors (Lipinski definition) is 1. The van der Waals surface area contributed by atoms with Gasteiger partial charge in [-0.25, -0.2) is 4.98 Å². The van der Waals surface area contributed by atoms with Crippen LogP contribution in [0.5, 0.6) is 5.75 Å². The Morgan fingerprint density at radius 2 is 1.25 bits per heavy atom. The van der Waals surface area contributed by atoms with Crippen molar-refractivity contribution >= 4 is 11.0 Å². The number of imidazole rings is 1. The van der Waals surface area contributed by atoms with Gasteiger partial charge in [0.1, 0.15) is 11.6 Å². The number of benzene rings is 6. The van der Waals surface area contributed by atoms with Crippen LogP contribution in [0.15, 0.2) is 133 Å². The predicted octanol–water partition coefficient (Wildman–Crippen LogP) is 14.8. The molecule has 0 aliphatic carbocycles. The number of phenols is 1. The summed E-state index contributed by atoms with van der Waals surface area (Å²) >= 11 is 0. The summed E-state index contributed by atoms with van der Waals surface area (Å²) < 4.78 is 64.1.